The molecule has 2 aromatic rings. The number of hydrogen-bond acceptors (Lipinski definition) is 5. The Morgan fingerprint density at radius 3 is 1.90 bits per heavy atom. The van der Waals surface area contributed by atoms with E-state index in [4.69, 9.17) is 18.3 Å². The van der Waals surface area contributed by atoms with Gasteiger partial charge >= 0.3 is 0 Å². The van der Waals surface area contributed by atoms with Crippen molar-refractivity contribution in [2.75, 3.05) is 6.61 Å². The molecule has 0 saturated carbocycles. The van der Waals surface area contributed by atoms with Crippen molar-refractivity contribution in [3.8, 4) is 0 Å². The normalized spacial score (nSPS) is 26.2. The molecular weight excluding hydrogens is 521 g/mol. The van der Waals surface area contributed by atoms with Crippen LogP contribution in [0.4, 0.5) is 0 Å². The zero-order valence-electron chi connectivity index (χ0n) is 25.3. The summed E-state index contributed by atoms with van der Waals surface area (Å²) in [5, 5.41) is 2.59. The third kappa shape index (κ3) is 6.34. The number of rotatable bonds is 12. The highest BCUT2D eigenvalue weighted by Gasteiger charge is 2.65. The van der Waals surface area contributed by atoms with Crippen LogP contribution in [0.25, 0.3) is 0 Å². The minimum atomic E-state index is -2.62. The van der Waals surface area contributed by atoms with Gasteiger partial charge in [0.2, 0.25) is 0 Å². The first kappa shape index (κ1) is 30.3. The maximum Gasteiger partial charge on any atom is 0.261 e. The van der Waals surface area contributed by atoms with E-state index in [1.165, 1.54) is 10.4 Å². The monoisotopic (exact) mass is 568 g/mol. The molecule has 7 heteroatoms. The third-order valence-corrected chi connectivity index (χ3v) is 18.6. The fraction of sp³-hybridized carbons (Fsp3) is 0.594. The average Bonchev–Trinajstić information content (AvgIpc) is 3.76. The summed E-state index contributed by atoms with van der Waals surface area (Å²) in [6.07, 6.45) is 1.94. The van der Waals surface area contributed by atoms with Crippen LogP contribution in [0.5, 0.6) is 0 Å². The Balaban J connectivity index is 1.58. The number of ether oxygens (including phenoxy) is 2. The Hall–Kier alpha value is -1.62. The summed E-state index contributed by atoms with van der Waals surface area (Å²) in [6, 6.07) is 21.6. The van der Waals surface area contributed by atoms with Crippen LogP contribution in [0.2, 0.25) is 23.2 Å². The quantitative estimate of drug-likeness (QED) is 0.182. The lowest BCUT2D eigenvalue weighted by atomic mass is 9.96. The SMILES string of the molecule is CC(C)(C)[Si](C)(C)O[C@H](CCO[Si](c1ccccc1)(c1ccccc1)C(C)(C)C)C[C@@]1(C)O[C@@H]1[C@H]1O[C@@H]1C=O. The predicted molar refractivity (Wildman–Crippen MR) is 163 cm³/mol. The Morgan fingerprint density at radius 2 is 1.46 bits per heavy atom. The molecule has 4 rings (SSSR count). The molecule has 0 bridgehead atoms. The molecule has 2 aliphatic rings. The van der Waals surface area contributed by atoms with Gasteiger partial charge in [-0.1, -0.05) is 102 Å². The van der Waals surface area contributed by atoms with E-state index in [0.29, 0.717) is 6.61 Å². The highest BCUT2D eigenvalue weighted by molar-refractivity contribution is 6.99. The second-order valence-corrected chi connectivity index (χ2v) is 23.1. The van der Waals surface area contributed by atoms with Gasteiger partial charge in [0, 0.05) is 13.0 Å². The van der Waals surface area contributed by atoms with Gasteiger partial charge in [-0.2, -0.15) is 0 Å². The van der Waals surface area contributed by atoms with Gasteiger partial charge in [0.25, 0.3) is 8.32 Å². The van der Waals surface area contributed by atoms with E-state index in [-0.39, 0.29) is 40.1 Å². The summed E-state index contributed by atoms with van der Waals surface area (Å²) in [5.74, 6) is 0. The van der Waals surface area contributed by atoms with Crippen LogP contribution >= 0.6 is 0 Å². The van der Waals surface area contributed by atoms with E-state index in [1.807, 2.05) is 0 Å². The molecule has 0 radical (unpaired) electrons. The van der Waals surface area contributed by atoms with E-state index in [2.05, 4.69) is 122 Å². The molecule has 0 aliphatic carbocycles. The Labute approximate surface area is 237 Å². The van der Waals surface area contributed by atoms with Gasteiger partial charge in [0.05, 0.1) is 11.7 Å². The van der Waals surface area contributed by atoms with Crippen LogP contribution in [0.3, 0.4) is 0 Å². The van der Waals surface area contributed by atoms with Crippen molar-refractivity contribution in [1.29, 1.82) is 0 Å². The van der Waals surface area contributed by atoms with Crippen molar-refractivity contribution < 1.29 is 23.1 Å². The van der Waals surface area contributed by atoms with E-state index in [0.717, 1.165) is 19.1 Å². The van der Waals surface area contributed by atoms with Crippen LogP contribution in [0.15, 0.2) is 60.7 Å². The first-order valence-corrected chi connectivity index (χ1v) is 19.2. The highest BCUT2D eigenvalue weighted by Crippen LogP contribution is 2.50. The topological polar surface area (TPSA) is 60.6 Å². The second-order valence-electron chi connectivity index (χ2n) is 14.1. The zero-order chi connectivity index (χ0) is 28.7. The molecule has 2 saturated heterocycles. The fourth-order valence-corrected chi connectivity index (χ4v) is 11.6. The summed E-state index contributed by atoms with van der Waals surface area (Å²) in [7, 11) is -4.67. The van der Waals surface area contributed by atoms with E-state index >= 15 is 0 Å². The molecule has 39 heavy (non-hydrogen) atoms. The molecule has 0 amide bonds. The van der Waals surface area contributed by atoms with Gasteiger partial charge in [-0.15, -0.1) is 0 Å². The van der Waals surface area contributed by atoms with Crippen LogP contribution in [-0.2, 0) is 23.1 Å². The summed E-state index contributed by atoms with van der Waals surface area (Å²) in [6.45, 7) is 21.1. The van der Waals surface area contributed by atoms with Crippen molar-refractivity contribution in [2.24, 2.45) is 0 Å². The number of benzene rings is 2. The lowest BCUT2D eigenvalue weighted by Gasteiger charge is -2.44. The summed E-state index contributed by atoms with van der Waals surface area (Å²) in [4.78, 5) is 11.2. The lowest BCUT2D eigenvalue weighted by Crippen LogP contribution is -2.66. The highest BCUT2D eigenvalue weighted by atomic mass is 28.4. The van der Waals surface area contributed by atoms with Gasteiger partial charge in [-0.25, -0.2) is 0 Å². The number of epoxide rings is 2. The Bertz CT molecular complexity index is 1070. The maximum atomic E-state index is 11.2. The first-order valence-electron chi connectivity index (χ1n) is 14.4. The van der Waals surface area contributed by atoms with Gasteiger partial charge in [0.15, 0.2) is 14.6 Å². The van der Waals surface area contributed by atoms with Crippen molar-refractivity contribution in [2.45, 2.75) is 114 Å². The molecule has 2 aromatic carbocycles. The van der Waals surface area contributed by atoms with Gasteiger partial charge in [-0.3, -0.25) is 0 Å². The minimum Gasteiger partial charge on any atom is -0.414 e. The number of hydrogen-bond donors (Lipinski definition) is 0. The van der Waals surface area contributed by atoms with Crippen LogP contribution in [0, 0.1) is 0 Å². The van der Waals surface area contributed by atoms with E-state index in [1.54, 1.807) is 0 Å². The van der Waals surface area contributed by atoms with Gasteiger partial charge in [-0.05, 0) is 46.9 Å². The largest absolute Gasteiger partial charge is 0.414 e. The molecule has 214 valence electrons. The average molecular weight is 569 g/mol. The molecule has 5 nitrogen and oxygen atoms in total. The smallest absolute Gasteiger partial charge is 0.261 e. The molecule has 2 aliphatic heterocycles. The minimum absolute atomic E-state index is 0.00691. The molecule has 2 heterocycles. The Morgan fingerprint density at radius 1 is 0.923 bits per heavy atom. The molecule has 2 fully saturated rings. The molecule has 0 N–H and O–H groups in total. The summed E-state index contributed by atoms with van der Waals surface area (Å²) < 4.78 is 25.9. The summed E-state index contributed by atoms with van der Waals surface area (Å²) in [5.41, 5.74) is -0.340. The van der Waals surface area contributed by atoms with Crippen molar-refractivity contribution >= 4 is 33.3 Å². The van der Waals surface area contributed by atoms with Crippen molar-refractivity contribution in [3.05, 3.63) is 60.7 Å². The number of aldehydes is 1. The summed E-state index contributed by atoms with van der Waals surface area (Å²) >= 11 is 0. The Kier molecular flexibility index (Phi) is 8.55. The second kappa shape index (κ2) is 11.0. The molecule has 0 spiro atoms. The third-order valence-electron chi connectivity index (χ3n) is 9.01. The zero-order valence-corrected chi connectivity index (χ0v) is 27.3. The number of carbonyl (C=O) groups excluding carboxylic acids is 1. The molecular formula is C32H48O5Si2. The van der Waals surface area contributed by atoms with Crippen LogP contribution < -0.4 is 10.4 Å². The lowest BCUT2D eigenvalue weighted by molar-refractivity contribution is -0.108. The van der Waals surface area contributed by atoms with E-state index < -0.39 is 16.6 Å². The van der Waals surface area contributed by atoms with Crippen LogP contribution in [0.1, 0.15) is 61.3 Å². The molecule has 5 atom stereocenters. The molecule has 0 unspecified atom stereocenters. The fourth-order valence-electron chi connectivity index (χ4n) is 5.68. The van der Waals surface area contributed by atoms with Crippen LogP contribution in [-0.4, -0.2) is 59.5 Å². The first-order chi connectivity index (χ1) is 18.1. The maximum absolute atomic E-state index is 11.2. The van der Waals surface area contributed by atoms with Crippen molar-refractivity contribution in [1.82, 2.24) is 0 Å². The van der Waals surface area contributed by atoms with Gasteiger partial charge in [0.1, 0.15) is 18.3 Å². The molecule has 0 aromatic heterocycles. The standard InChI is InChI=1S/C32H48O5Si2/c1-30(2,3)38(8,9)37-24(22-32(7)29(36-32)28-27(23-33)35-28)20-21-34-39(31(4,5)6,25-16-12-10-13-17-25)26-18-14-11-15-19-26/h10-19,23-24,27-29H,20-22H2,1-9H3/t24-,27-,28+,29-,32-/m1/s1. The van der Waals surface area contributed by atoms with Crippen molar-refractivity contribution in [3.63, 3.8) is 0 Å². The predicted octanol–water partition coefficient (Wildman–Crippen LogP) is 5.86. The van der Waals surface area contributed by atoms with E-state index in [9.17, 15) is 4.79 Å². The van der Waals surface area contributed by atoms with Gasteiger partial charge < -0.3 is 23.1 Å². The number of carbonyl (C=O) groups is 1.